The van der Waals surface area contributed by atoms with E-state index in [9.17, 15) is 60.3 Å². The summed E-state index contributed by atoms with van der Waals surface area (Å²) in [5, 5.41) is 85.3. The van der Waals surface area contributed by atoms with Crippen LogP contribution in [-0.2, 0) is 41.9 Å². The van der Waals surface area contributed by atoms with Gasteiger partial charge < -0.3 is 30.8 Å². The quantitative estimate of drug-likeness (QED) is 0.0124. The third-order valence-corrected chi connectivity index (χ3v) is 27.7. The number of aliphatic imine (C=N–C) groups is 4. The van der Waals surface area contributed by atoms with Gasteiger partial charge in [0.15, 0.2) is 0 Å². The van der Waals surface area contributed by atoms with E-state index in [2.05, 4.69) is 89.8 Å². The predicted octanol–water partition coefficient (Wildman–Crippen LogP) is 22.4. The number of aliphatic carboxylic acids is 2. The van der Waals surface area contributed by atoms with Gasteiger partial charge in [0.05, 0.1) is 110 Å². The van der Waals surface area contributed by atoms with Crippen LogP contribution in [0.15, 0.2) is 219 Å². The summed E-state index contributed by atoms with van der Waals surface area (Å²) in [5.41, 5.74) is 19.5. The number of aromatic nitrogens is 2. The molecule has 0 aliphatic carbocycles. The Morgan fingerprint density at radius 1 is 0.382 bits per heavy atom. The van der Waals surface area contributed by atoms with Crippen LogP contribution in [0.3, 0.4) is 0 Å². The first-order chi connectivity index (χ1) is 62.4. The number of para-hydroxylation sites is 4. The Morgan fingerprint density at radius 3 is 0.947 bits per heavy atom. The van der Waals surface area contributed by atoms with Crippen LogP contribution in [0.1, 0.15) is 283 Å². The van der Waals surface area contributed by atoms with Crippen molar-refractivity contribution in [2.45, 2.75) is 277 Å². The van der Waals surface area contributed by atoms with Crippen molar-refractivity contribution in [3.05, 3.63) is 305 Å². The van der Waals surface area contributed by atoms with Crippen LogP contribution in [0.5, 0.6) is 0 Å². The Hall–Kier alpha value is -12.2. The number of aromatic amines is 2. The van der Waals surface area contributed by atoms with Crippen molar-refractivity contribution in [3.8, 4) is 0 Å². The Kier molecular flexibility index (Phi) is 31.3. The largest absolute Gasteiger partial charge is 0.481 e. The monoisotopic (exact) mass is 1820 g/mol. The van der Waals surface area contributed by atoms with Gasteiger partial charge in [0.2, 0.25) is 0 Å². The Balaban J connectivity index is 0.000000235. The second kappa shape index (κ2) is 41.9. The zero-order chi connectivity index (χ0) is 93.5. The molecule has 8 aliphatic heterocycles. The number of nitrogens with one attached hydrogen (secondary N) is 4. The standard InChI is InChI=1S/2C53H62N6O6.Zn/c2*1-9-13-21-34-31(5)40-29-41-32(6)35(22-14-10-2)50(55-41)47(38-25-18-20-28-44(38)59(64)65)51-39(26-16-12-4)53(8,52(60)61)45(57-51)30-42-33(7)36(23-15-11-3)49(56-42)46(48(34)54-40)37-24-17-19-27-43(37)58(62)63;/h2*17-20,24-25,27-30,45,54,57H,9-16,21-23,26H2,1-8H3,(H,60,61);/b2*40-29-,42-30-,48-46-,50-47-;. The van der Waals surface area contributed by atoms with Gasteiger partial charge in [-0.3, -0.25) is 50.0 Å². The van der Waals surface area contributed by atoms with Gasteiger partial charge in [-0.15, -0.1) is 0 Å². The SMILES string of the molecule is CCCCC1=C(C)C2=NC/1=C(/c1ccccc1[N+](=O)[O-])C1=C(CCCC)C(C)(C(=O)O)C(\C=C3/N=C(C(CCCC)=C3C)/C(c3ccccc3[N+](=O)[O-])=c3\[nH]/c(c(C)c3CCCC)=C\2)N1.CCCCC1=C(C)C2=NC/1=C(/c1ccccc1[N+](=O)[O-])C1=C(CCCC)C(C)(C(=O)O)C(\C=C3/N=C(C(CCCC)=C3C)/C(c3ccccc3[N+](=O)[O-])=c3\[nH]/c(c(C)c3CCCC)=C\2)N1.[Zn]. The average molecular weight is 1820 g/mol. The number of hydrogen-bond acceptors (Lipinski definition) is 16. The second-order valence-electron chi connectivity index (χ2n) is 35.8. The van der Waals surface area contributed by atoms with Gasteiger partial charge in [0, 0.05) is 88.1 Å². The molecular formula is C106H124N12O12Zn. The molecule has 131 heavy (non-hydrogen) atoms. The van der Waals surface area contributed by atoms with Crippen LogP contribution in [0.2, 0.25) is 0 Å². The molecule has 16 bridgehead atoms. The zero-order valence-electron chi connectivity index (χ0n) is 78.9. The van der Waals surface area contributed by atoms with E-state index < -0.39 is 34.9 Å². The molecule has 10 heterocycles. The molecule has 0 spiro atoms. The van der Waals surface area contributed by atoms with E-state index in [-0.39, 0.29) is 61.9 Å². The van der Waals surface area contributed by atoms with Gasteiger partial charge in [0.1, 0.15) is 10.8 Å². The number of nitro groups is 4. The summed E-state index contributed by atoms with van der Waals surface area (Å²) in [4.78, 5) is 108. The molecule has 2 aromatic heterocycles. The van der Waals surface area contributed by atoms with Crippen molar-refractivity contribution in [1.82, 2.24) is 20.6 Å². The third-order valence-electron chi connectivity index (χ3n) is 27.7. The van der Waals surface area contributed by atoms with E-state index in [1.165, 1.54) is 24.3 Å². The summed E-state index contributed by atoms with van der Waals surface area (Å²) in [5.74, 6) is -2.06. The second-order valence-corrected chi connectivity index (χ2v) is 35.8. The predicted molar refractivity (Wildman–Crippen MR) is 520 cm³/mol. The number of rotatable bonds is 34. The molecule has 6 aromatic rings. The number of fused-ring (bicyclic) bond motifs is 12. The van der Waals surface area contributed by atoms with Crippen LogP contribution in [0.4, 0.5) is 22.7 Å². The number of H-pyrrole nitrogens is 2. The number of hydrogen-bond donors (Lipinski definition) is 6. The van der Waals surface area contributed by atoms with E-state index in [0.29, 0.717) is 177 Å². The van der Waals surface area contributed by atoms with Gasteiger partial charge >= 0.3 is 11.9 Å². The first-order valence-electron chi connectivity index (χ1n) is 46.8. The van der Waals surface area contributed by atoms with Gasteiger partial charge in [-0.1, -0.05) is 155 Å². The number of allylic oxidation sites excluding steroid dienone is 10. The number of nitro benzene ring substituents is 4. The summed E-state index contributed by atoms with van der Waals surface area (Å²) in [7, 11) is 0. The van der Waals surface area contributed by atoms with Crippen LogP contribution in [0.25, 0.3) is 34.4 Å². The summed E-state index contributed by atoms with van der Waals surface area (Å²) in [6, 6.07) is 25.4. The van der Waals surface area contributed by atoms with Crippen molar-refractivity contribution in [2.24, 2.45) is 30.8 Å². The van der Waals surface area contributed by atoms with Crippen molar-refractivity contribution in [1.29, 1.82) is 0 Å². The molecule has 25 heteroatoms. The molecule has 0 saturated heterocycles. The summed E-state index contributed by atoms with van der Waals surface area (Å²) < 4.78 is 0. The fourth-order valence-corrected chi connectivity index (χ4v) is 19.9. The third kappa shape index (κ3) is 18.5. The molecule has 0 amide bonds. The molecule has 6 N–H and O–H groups in total. The molecule has 8 aliphatic rings. The van der Waals surface area contributed by atoms with Crippen LogP contribution in [-0.4, -0.2) is 86.7 Å². The maximum absolute atomic E-state index is 14.1. The zero-order valence-corrected chi connectivity index (χ0v) is 81.9. The number of carbonyl (C=O) groups is 2. The first kappa shape index (κ1) is 97.8. The topological polar surface area (TPSA) is 352 Å². The molecule has 4 unspecified atom stereocenters. The first-order valence-corrected chi connectivity index (χ1v) is 46.8. The minimum absolute atomic E-state index is 0. The van der Waals surface area contributed by atoms with E-state index in [1.54, 1.807) is 74.5 Å². The fraction of sp³-hybridized carbons (Fsp3) is 0.415. The molecule has 0 saturated carbocycles. The molecule has 14 rings (SSSR count). The van der Waals surface area contributed by atoms with Crippen LogP contribution >= 0.6 is 0 Å². The average Bonchev–Trinajstić information content (AvgIpc) is 1.57. The van der Waals surface area contributed by atoms with Crippen molar-refractivity contribution in [3.63, 3.8) is 0 Å². The van der Waals surface area contributed by atoms with Gasteiger partial charge in [0.25, 0.3) is 22.7 Å². The molecular weight excluding hydrogens is 1700 g/mol. The van der Waals surface area contributed by atoms with Gasteiger partial charge in [-0.2, -0.15) is 0 Å². The Labute approximate surface area is 780 Å². The number of nitrogens with zero attached hydrogens (tertiary/aromatic N) is 8. The maximum atomic E-state index is 14.1. The summed E-state index contributed by atoms with van der Waals surface area (Å²) in [6.45, 7) is 32.7. The Bertz CT molecular complexity index is 6050. The molecule has 682 valence electrons. The summed E-state index contributed by atoms with van der Waals surface area (Å²) in [6.07, 6.45) is 26.4. The fourth-order valence-electron chi connectivity index (χ4n) is 19.9. The number of carboxylic acids is 2. The normalized spacial score (nSPS) is 22.5. The minimum atomic E-state index is -1.51. The minimum Gasteiger partial charge on any atom is -0.481 e. The van der Waals surface area contributed by atoms with Gasteiger partial charge in [-0.05, 0) is 285 Å². The van der Waals surface area contributed by atoms with Crippen LogP contribution in [0, 0.1) is 65.1 Å². The van der Waals surface area contributed by atoms with E-state index in [1.807, 2.05) is 64.1 Å². The number of carboxylic acid groups (broad SMARTS) is 2. The van der Waals surface area contributed by atoms with Crippen molar-refractivity contribution in [2.75, 3.05) is 0 Å². The molecule has 4 aromatic carbocycles. The van der Waals surface area contributed by atoms with Crippen LogP contribution < -0.4 is 32.0 Å². The van der Waals surface area contributed by atoms with E-state index in [4.69, 9.17) is 20.0 Å². The van der Waals surface area contributed by atoms with Crippen molar-refractivity contribution >= 4 is 92.0 Å². The summed E-state index contributed by atoms with van der Waals surface area (Å²) >= 11 is 0. The molecule has 0 fully saturated rings. The number of benzene rings is 4. The van der Waals surface area contributed by atoms with E-state index >= 15 is 0 Å². The molecule has 4 atom stereocenters. The maximum Gasteiger partial charge on any atom is 0.316 e. The van der Waals surface area contributed by atoms with Crippen molar-refractivity contribution < 1.29 is 59.0 Å². The van der Waals surface area contributed by atoms with E-state index in [0.717, 1.165) is 178 Å². The molecule has 0 radical (unpaired) electrons. The number of unbranched alkanes of at least 4 members (excludes halogenated alkanes) is 8. The smallest absolute Gasteiger partial charge is 0.316 e. The molecule has 24 nitrogen and oxygen atoms in total. The Morgan fingerprint density at radius 2 is 0.656 bits per heavy atom. The van der Waals surface area contributed by atoms with Gasteiger partial charge in [-0.25, -0.2) is 20.0 Å².